The summed E-state index contributed by atoms with van der Waals surface area (Å²) in [7, 11) is -2.18. The first kappa shape index (κ1) is 29.1. The summed E-state index contributed by atoms with van der Waals surface area (Å²) >= 11 is 0. The van der Waals surface area contributed by atoms with Crippen LogP contribution in [-0.2, 0) is 9.53 Å². The maximum Gasteiger partial charge on any atom is 0.414 e. The summed E-state index contributed by atoms with van der Waals surface area (Å²) in [6.45, 7) is 24.8. The number of allylic oxidation sites excluding steroid dienone is 1. The SMILES string of the molecule is CC(C)C[C@H]1CC(=O)C([Si](C(C)C)(C(C)C)C(C)C)=CN1C(=O)O[C@@H]1C[C@H](C)CC[C@H]1C(C)C. The number of amides is 1. The zero-order chi connectivity index (χ0) is 26.0. The second kappa shape index (κ2) is 11.8. The van der Waals surface area contributed by atoms with Gasteiger partial charge in [-0.2, -0.15) is 0 Å². The Hall–Kier alpha value is -1.10. The molecule has 1 aliphatic carbocycles. The Balaban J connectivity index is 2.50. The van der Waals surface area contributed by atoms with Gasteiger partial charge < -0.3 is 4.74 Å². The van der Waals surface area contributed by atoms with E-state index in [9.17, 15) is 9.59 Å². The largest absolute Gasteiger partial charge is 0.446 e. The number of Topliss-reactive ketones (excluding diaryl/α,β-unsaturated/α-hetero) is 1. The average molecular weight is 492 g/mol. The van der Waals surface area contributed by atoms with Crippen molar-refractivity contribution < 1.29 is 14.3 Å². The van der Waals surface area contributed by atoms with Crippen molar-refractivity contribution in [2.24, 2.45) is 23.7 Å². The average Bonchev–Trinajstić information content (AvgIpc) is 2.68. The third kappa shape index (κ3) is 5.99. The van der Waals surface area contributed by atoms with E-state index in [4.69, 9.17) is 4.74 Å². The van der Waals surface area contributed by atoms with Crippen molar-refractivity contribution in [2.45, 2.75) is 137 Å². The van der Waals surface area contributed by atoms with Crippen molar-refractivity contribution >= 4 is 20.0 Å². The maximum atomic E-state index is 13.8. The second-order valence-electron chi connectivity index (χ2n) is 13.0. The standard InChI is InChI=1S/C29H53NO3Si/c1-18(2)14-24-16-26(31)28(34(20(5)6,21(7)8)22(9)10)17-30(24)29(32)33-27-15-23(11)12-13-25(27)19(3)4/h17-25,27H,12-16H2,1-11H3/t23-,24+,25+,27-/m1/s1. The third-order valence-corrected chi connectivity index (χ3v) is 16.0. The van der Waals surface area contributed by atoms with Crippen LogP contribution >= 0.6 is 0 Å². The molecule has 1 heterocycles. The lowest BCUT2D eigenvalue weighted by Crippen LogP contribution is -2.54. The lowest BCUT2D eigenvalue weighted by atomic mass is 9.75. The summed E-state index contributed by atoms with van der Waals surface area (Å²) in [5.41, 5.74) is 1.27. The van der Waals surface area contributed by atoms with E-state index in [1.807, 2.05) is 11.1 Å². The van der Waals surface area contributed by atoms with Gasteiger partial charge in [-0.3, -0.25) is 9.69 Å². The van der Waals surface area contributed by atoms with Gasteiger partial charge in [0, 0.05) is 18.7 Å². The quantitative estimate of drug-likeness (QED) is 0.320. The summed E-state index contributed by atoms with van der Waals surface area (Å²) in [4.78, 5) is 29.3. The molecule has 4 atom stereocenters. The minimum Gasteiger partial charge on any atom is -0.446 e. The highest BCUT2D eigenvalue weighted by atomic mass is 28.3. The van der Waals surface area contributed by atoms with E-state index in [0.29, 0.717) is 46.7 Å². The number of hydrogen-bond donors (Lipinski definition) is 0. The van der Waals surface area contributed by atoms with Gasteiger partial charge in [-0.25, -0.2) is 4.79 Å². The van der Waals surface area contributed by atoms with E-state index in [2.05, 4.69) is 76.2 Å². The molecule has 5 heteroatoms. The van der Waals surface area contributed by atoms with Crippen LogP contribution in [0.2, 0.25) is 16.6 Å². The van der Waals surface area contributed by atoms with Crippen molar-refractivity contribution in [3.63, 3.8) is 0 Å². The second-order valence-corrected chi connectivity index (χ2v) is 18.9. The molecule has 0 aromatic rings. The molecule has 2 rings (SSSR count). The predicted octanol–water partition coefficient (Wildman–Crippen LogP) is 8.38. The molecule has 0 unspecified atom stereocenters. The van der Waals surface area contributed by atoms with Crippen LogP contribution in [0.4, 0.5) is 4.79 Å². The van der Waals surface area contributed by atoms with Crippen LogP contribution in [0.5, 0.6) is 0 Å². The zero-order valence-electron chi connectivity index (χ0n) is 24.0. The molecule has 0 radical (unpaired) electrons. The smallest absolute Gasteiger partial charge is 0.414 e. The zero-order valence-corrected chi connectivity index (χ0v) is 25.0. The Bertz CT molecular complexity index is 718. The fourth-order valence-corrected chi connectivity index (χ4v) is 14.2. The molecular weight excluding hydrogens is 438 g/mol. The summed E-state index contributed by atoms with van der Waals surface area (Å²) in [5, 5.41) is 0.960. The highest BCUT2D eigenvalue weighted by molar-refractivity contribution is 6.93. The number of hydrogen-bond acceptors (Lipinski definition) is 3. The predicted molar refractivity (Wildman–Crippen MR) is 145 cm³/mol. The normalized spacial score (nSPS) is 26.8. The number of nitrogens with zero attached hydrogens (tertiary/aromatic N) is 1. The molecule has 0 aromatic carbocycles. The lowest BCUT2D eigenvalue weighted by Gasteiger charge is -2.47. The number of ether oxygens (including phenoxy) is 1. The van der Waals surface area contributed by atoms with Gasteiger partial charge in [-0.15, -0.1) is 0 Å². The first-order valence-corrected chi connectivity index (χ1v) is 16.2. The monoisotopic (exact) mass is 491 g/mol. The minimum absolute atomic E-state index is 0.0345. The Morgan fingerprint density at radius 3 is 2.03 bits per heavy atom. The molecule has 0 aromatic heterocycles. The fourth-order valence-electron chi connectivity index (χ4n) is 7.41. The van der Waals surface area contributed by atoms with E-state index in [1.165, 1.54) is 6.42 Å². The Kier molecular flexibility index (Phi) is 10.1. The van der Waals surface area contributed by atoms with Crippen molar-refractivity contribution in [1.29, 1.82) is 0 Å². The Morgan fingerprint density at radius 1 is 1.00 bits per heavy atom. The van der Waals surface area contributed by atoms with Crippen LogP contribution in [0.3, 0.4) is 0 Å². The van der Waals surface area contributed by atoms with Gasteiger partial charge >= 0.3 is 6.09 Å². The van der Waals surface area contributed by atoms with Crippen LogP contribution in [0.25, 0.3) is 0 Å². The molecule has 1 amide bonds. The van der Waals surface area contributed by atoms with Gasteiger partial charge in [0.1, 0.15) is 14.2 Å². The number of carbonyl (C=O) groups excluding carboxylic acids is 2. The van der Waals surface area contributed by atoms with Gasteiger partial charge in [0.25, 0.3) is 0 Å². The first-order valence-electron chi connectivity index (χ1n) is 14.0. The van der Waals surface area contributed by atoms with Crippen molar-refractivity contribution in [3.05, 3.63) is 11.4 Å². The maximum absolute atomic E-state index is 13.8. The van der Waals surface area contributed by atoms with Gasteiger partial charge in [-0.1, -0.05) is 82.6 Å². The number of rotatable bonds is 8. The molecule has 0 saturated heterocycles. The molecule has 0 N–H and O–H groups in total. The summed E-state index contributed by atoms with van der Waals surface area (Å²) in [6.07, 6.45) is 6.22. The number of carbonyl (C=O) groups is 2. The van der Waals surface area contributed by atoms with Gasteiger partial charge in [0.15, 0.2) is 5.78 Å². The lowest BCUT2D eigenvalue weighted by molar-refractivity contribution is -0.117. The van der Waals surface area contributed by atoms with E-state index in [1.54, 1.807) is 0 Å². The summed E-state index contributed by atoms with van der Waals surface area (Å²) in [5.74, 6) is 2.16. The van der Waals surface area contributed by atoms with E-state index in [0.717, 1.165) is 24.5 Å². The third-order valence-electron chi connectivity index (χ3n) is 8.88. The van der Waals surface area contributed by atoms with Crippen LogP contribution < -0.4 is 0 Å². The Labute approximate surface area is 211 Å². The van der Waals surface area contributed by atoms with Gasteiger partial charge in [-0.05, 0) is 64.8 Å². The van der Waals surface area contributed by atoms with Crippen molar-refractivity contribution in [2.75, 3.05) is 0 Å². The van der Waals surface area contributed by atoms with Crippen LogP contribution in [-0.4, -0.2) is 37.0 Å². The Morgan fingerprint density at radius 2 is 1.56 bits per heavy atom. The van der Waals surface area contributed by atoms with E-state index >= 15 is 0 Å². The molecule has 196 valence electrons. The van der Waals surface area contributed by atoms with Gasteiger partial charge in [0.2, 0.25) is 0 Å². The van der Waals surface area contributed by atoms with Crippen LogP contribution in [0.1, 0.15) is 108 Å². The topological polar surface area (TPSA) is 46.6 Å². The highest BCUT2D eigenvalue weighted by Crippen LogP contribution is 2.48. The summed E-state index contributed by atoms with van der Waals surface area (Å²) < 4.78 is 6.31. The molecule has 1 fully saturated rings. The fraction of sp³-hybridized carbons (Fsp3) is 0.862. The van der Waals surface area contributed by atoms with E-state index in [-0.39, 0.29) is 24.0 Å². The molecule has 2 aliphatic rings. The highest BCUT2D eigenvalue weighted by Gasteiger charge is 2.51. The molecule has 34 heavy (non-hydrogen) atoms. The molecule has 4 nitrogen and oxygen atoms in total. The molecule has 1 saturated carbocycles. The summed E-state index contributed by atoms with van der Waals surface area (Å²) in [6, 6.07) is -0.111. The molecule has 0 bridgehead atoms. The first-order chi connectivity index (χ1) is 15.7. The van der Waals surface area contributed by atoms with Crippen molar-refractivity contribution in [1.82, 2.24) is 4.90 Å². The van der Waals surface area contributed by atoms with Crippen molar-refractivity contribution in [3.8, 4) is 0 Å². The van der Waals surface area contributed by atoms with Gasteiger partial charge in [0.05, 0.1) is 0 Å². The molecule has 0 spiro atoms. The number of ketones is 1. The molecular formula is C29H53NO3Si. The van der Waals surface area contributed by atoms with E-state index < -0.39 is 8.07 Å². The van der Waals surface area contributed by atoms with Crippen LogP contribution in [0.15, 0.2) is 11.4 Å². The minimum atomic E-state index is -2.18. The van der Waals surface area contributed by atoms with Crippen LogP contribution in [0, 0.1) is 23.7 Å². The molecule has 1 aliphatic heterocycles.